The van der Waals surface area contributed by atoms with E-state index in [9.17, 15) is 0 Å². The Bertz CT molecular complexity index is 2670. The Hall–Kier alpha value is -6.18. The minimum Gasteiger partial charge on any atom is -0.310 e. The van der Waals surface area contributed by atoms with Gasteiger partial charge in [0.05, 0.1) is 5.69 Å². The van der Waals surface area contributed by atoms with Crippen molar-refractivity contribution in [1.29, 1.82) is 0 Å². The lowest BCUT2D eigenvalue weighted by Crippen LogP contribution is -2.18. The smallest absolute Gasteiger partial charge is 0.0539 e. The average molecular weight is 708 g/mol. The quantitative estimate of drug-likeness (QED) is 0.166. The van der Waals surface area contributed by atoms with Crippen LogP contribution in [0.5, 0.6) is 0 Å². The lowest BCUT2D eigenvalue weighted by molar-refractivity contribution is 0.658. The molecule has 55 heavy (non-hydrogen) atoms. The second kappa shape index (κ2) is 12.7. The number of rotatable bonds is 6. The SMILES string of the molecule is CC1(C)c2ccccc2-c2ccc(-c3ccc(N(C4=CCC(c5ccc6c(c5)C(C)(C)c5ccccc5-6)C=C4)c4ccccc4-c4ccccc4)cc3)cc21. The Kier molecular flexibility index (Phi) is 7.72. The highest BCUT2D eigenvalue weighted by Gasteiger charge is 2.36. The molecule has 1 nitrogen and oxygen atoms in total. The fraction of sp³-hybridized carbons (Fsp3) is 0.148. The van der Waals surface area contributed by atoms with Crippen LogP contribution in [0.15, 0.2) is 188 Å². The number of para-hydroxylation sites is 1. The molecule has 0 N–H and O–H groups in total. The molecule has 266 valence electrons. The van der Waals surface area contributed by atoms with Gasteiger partial charge in [0.25, 0.3) is 0 Å². The van der Waals surface area contributed by atoms with Gasteiger partial charge in [0.15, 0.2) is 0 Å². The Labute approximate surface area is 326 Å². The van der Waals surface area contributed by atoms with Gasteiger partial charge in [-0.2, -0.15) is 0 Å². The number of allylic oxidation sites excluding steroid dienone is 3. The molecule has 0 saturated carbocycles. The van der Waals surface area contributed by atoms with Crippen LogP contribution in [0.2, 0.25) is 0 Å². The first kappa shape index (κ1) is 33.4. The molecule has 0 fully saturated rings. The fourth-order valence-corrected chi connectivity index (χ4v) is 9.62. The third-order valence-corrected chi connectivity index (χ3v) is 12.6. The van der Waals surface area contributed by atoms with Crippen LogP contribution in [-0.2, 0) is 10.8 Å². The van der Waals surface area contributed by atoms with Crippen LogP contribution in [0.3, 0.4) is 0 Å². The second-order valence-electron chi connectivity index (χ2n) is 16.5. The van der Waals surface area contributed by atoms with E-state index in [0.29, 0.717) is 5.92 Å². The lowest BCUT2D eigenvalue weighted by Gasteiger charge is -2.31. The Balaban J connectivity index is 1.00. The minimum absolute atomic E-state index is 0.00751. The van der Waals surface area contributed by atoms with E-state index in [1.807, 2.05) is 0 Å². The van der Waals surface area contributed by atoms with E-state index in [0.717, 1.165) is 12.1 Å². The lowest BCUT2D eigenvalue weighted by atomic mass is 9.80. The predicted molar refractivity (Wildman–Crippen MR) is 232 cm³/mol. The van der Waals surface area contributed by atoms with Gasteiger partial charge in [0, 0.05) is 33.7 Å². The number of hydrogen-bond donors (Lipinski definition) is 0. The van der Waals surface area contributed by atoms with Crippen molar-refractivity contribution in [2.45, 2.75) is 50.9 Å². The van der Waals surface area contributed by atoms with Gasteiger partial charge in [0.2, 0.25) is 0 Å². The van der Waals surface area contributed by atoms with Crippen molar-refractivity contribution in [3.05, 3.63) is 216 Å². The summed E-state index contributed by atoms with van der Waals surface area (Å²) in [6.45, 7) is 9.45. The summed E-state index contributed by atoms with van der Waals surface area (Å²) in [6.07, 6.45) is 8.14. The molecule has 1 heteroatoms. The zero-order valence-corrected chi connectivity index (χ0v) is 32.1. The van der Waals surface area contributed by atoms with E-state index in [1.165, 1.54) is 83.7 Å². The first-order valence-corrected chi connectivity index (χ1v) is 19.7. The van der Waals surface area contributed by atoms with Crippen LogP contribution in [0.25, 0.3) is 44.5 Å². The first-order valence-electron chi connectivity index (χ1n) is 19.7. The molecule has 1 atom stereocenters. The Morgan fingerprint density at radius 1 is 0.455 bits per heavy atom. The van der Waals surface area contributed by atoms with Gasteiger partial charge < -0.3 is 4.90 Å². The van der Waals surface area contributed by atoms with E-state index in [2.05, 4.69) is 215 Å². The van der Waals surface area contributed by atoms with E-state index in [-0.39, 0.29) is 10.8 Å². The number of benzene rings is 7. The molecule has 0 amide bonds. The van der Waals surface area contributed by atoms with Gasteiger partial charge >= 0.3 is 0 Å². The topological polar surface area (TPSA) is 3.24 Å². The Morgan fingerprint density at radius 3 is 1.65 bits per heavy atom. The van der Waals surface area contributed by atoms with Crippen LogP contribution in [0.1, 0.15) is 67.9 Å². The number of nitrogens with zero attached hydrogens (tertiary/aromatic N) is 1. The molecular weight excluding hydrogens is 663 g/mol. The molecule has 3 aliphatic carbocycles. The van der Waals surface area contributed by atoms with Crippen LogP contribution < -0.4 is 4.90 Å². The summed E-state index contributed by atoms with van der Waals surface area (Å²) in [5.41, 5.74) is 20.9. The summed E-state index contributed by atoms with van der Waals surface area (Å²) in [5, 5.41) is 0. The number of hydrogen-bond acceptors (Lipinski definition) is 1. The molecule has 7 aromatic carbocycles. The minimum atomic E-state index is -0.0293. The van der Waals surface area contributed by atoms with Gasteiger partial charge in [-0.25, -0.2) is 0 Å². The fourth-order valence-electron chi connectivity index (χ4n) is 9.62. The van der Waals surface area contributed by atoms with Crippen molar-refractivity contribution in [2.24, 2.45) is 0 Å². The zero-order valence-electron chi connectivity index (χ0n) is 32.1. The third kappa shape index (κ3) is 5.36. The molecule has 1 unspecified atom stereocenters. The molecule has 0 aromatic heterocycles. The molecule has 0 radical (unpaired) electrons. The van der Waals surface area contributed by atoms with Crippen molar-refractivity contribution >= 4 is 11.4 Å². The van der Waals surface area contributed by atoms with E-state index < -0.39 is 0 Å². The summed E-state index contributed by atoms with van der Waals surface area (Å²) in [6, 6.07) is 60.8. The third-order valence-electron chi connectivity index (χ3n) is 12.6. The monoisotopic (exact) mass is 707 g/mol. The molecule has 10 rings (SSSR count). The molecular formula is C54H45N. The zero-order chi connectivity index (χ0) is 37.3. The normalized spacial score (nSPS) is 16.8. The van der Waals surface area contributed by atoms with E-state index in [4.69, 9.17) is 0 Å². The number of anilines is 2. The molecule has 0 saturated heterocycles. The molecule has 0 bridgehead atoms. The summed E-state index contributed by atoms with van der Waals surface area (Å²) in [7, 11) is 0. The van der Waals surface area contributed by atoms with Gasteiger partial charge in [-0.3, -0.25) is 0 Å². The molecule has 7 aromatic rings. The van der Waals surface area contributed by atoms with Gasteiger partial charge in [-0.15, -0.1) is 0 Å². The van der Waals surface area contributed by atoms with E-state index in [1.54, 1.807) is 0 Å². The van der Waals surface area contributed by atoms with Crippen LogP contribution in [0, 0.1) is 0 Å². The maximum absolute atomic E-state index is 2.48. The van der Waals surface area contributed by atoms with Crippen molar-refractivity contribution in [3.8, 4) is 44.5 Å². The molecule has 3 aliphatic rings. The van der Waals surface area contributed by atoms with E-state index >= 15 is 0 Å². The Morgan fingerprint density at radius 2 is 1.00 bits per heavy atom. The van der Waals surface area contributed by atoms with Crippen molar-refractivity contribution in [1.82, 2.24) is 0 Å². The average Bonchev–Trinajstić information content (AvgIpc) is 3.61. The van der Waals surface area contributed by atoms with Crippen molar-refractivity contribution in [2.75, 3.05) is 4.90 Å². The molecule has 0 aliphatic heterocycles. The molecule has 0 heterocycles. The maximum atomic E-state index is 2.48. The van der Waals surface area contributed by atoms with Gasteiger partial charge in [-0.05, 0) is 104 Å². The second-order valence-corrected chi connectivity index (χ2v) is 16.5. The standard InChI is InChI=1S/C54H45N/c1-53(2)48-19-11-8-17-44(48)46-32-26-39(34-50(46)53)36-22-28-41(29-23-36)55(52-21-13-10-16-43(52)38-14-6-5-7-15-38)42-30-24-37(25-31-42)40-27-33-47-45-18-9-12-20-49(45)54(3,4)51(47)35-40/h5-24,26-35,37H,25H2,1-4H3. The summed E-state index contributed by atoms with van der Waals surface area (Å²) in [5.74, 6) is 0.317. The highest BCUT2D eigenvalue weighted by atomic mass is 15.1. The highest BCUT2D eigenvalue weighted by Crippen LogP contribution is 2.51. The van der Waals surface area contributed by atoms with Crippen LogP contribution in [0.4, 0.5) is 11.4 Å². The maximum Gasteiger partial charge on any atom is 0.0539 e. The largest absolute Gasteiger partial charge is 0.310 e. The highest BCUT2D eigenvalue weighted by molar-refractivity contribution is 5.87. The van der Waals surface area contributed by atoms with Gasteiger partial charge in [0.1, 0.15) is 0 Å². The van der Waals surface area contributed by atoms with Crippen LogP contribution >= 0.6 is 0 Å². The van der Waals surface area contributed by atoms with Crippen molar-refractivity contribution < 1.29 is 0 Å². The summed E-state index contributed by atoms with van der Waals surface area (Å²) >= 11 is 0. The predicted octanol–water partition coefficient (Wildman–Crippen LogP) is 14.4. The van der Waals surface area contributed by atoms with Gasteiger partial charge in [-0.1, -0.05) is 179 Å². The number of fused-ring (bicyclic) bond motifs is 6. The van der Waals surface area contributed by atoms with Crippen LogP contribution in [-0.4, -0.2) is 0 Å². The summed E-state index contributed by atoms with van der Waals surface area (Å²) in [4.78, 5) is 2.45. The first-order chi connectivity index (χ1) is 26.8. The van der Waals surface area contributed by atoms with Crippen molar-refractivity contribution in [3.63, 3.8) is 0 Å². The summed E-state index contributed by atoms with van der Waals surface area (Å²) < 4.78 is 0. The molecule has 0 spiro atoms.